The molecule has 1 aromatic rings. The van der Waals surface area contributed by atoms with Crippen LogP contribution in [0.3, 0.4) is 0 Å². The molecule has 1 heterocycles. The number of rotatable bonds is 6. The molecule has 1 aliphatic heterocycles. The highest BCUT2D eigenvalue weighted by Gasteiger charge is 2.29. The molecule has 20 heavy (non-hydrogen) atoms. The smallest absolute Gasteiger partial charge is 0.184 e. The molecule has 1 fully saturated rings. The maximum absolute atomic E-state index is 8.94. The Morgan fingerprint density at radius 3 is 2.70 bits per heavy atom. The molecule has 4 heteroatoms. The molecule has 2 unspecified atom stereocenters. The van der Waals surface area contributed by atoms with Gasteiger partial charge < -0.3 is 19.3 Å². The first-order chi connectivity index (χ1) is 9.76. The van der Waals surface area contributed by atoms with E-state index < -0.39 is 0 Å². The summed E-state index contributed by atoms with van der Waals surface area (Å²) in [6.07, 6.45) is 3.86. The number of aliphatic hydroxyl groups is 1. The van der Waals surface area contributed by atoms with Crippen molar-refractivity contribution < 1.29 is 19.3 Å². The van der Waals surface area contributed by atoms with Crippen LogP contribution in [0.4, 0.5) is 0 Å². The maximum Gasteiger partial charge on any atom is 0.184 e. The summed E-state index contributed by atoms with van der Waals surface area (Å²) in [6.45, 7) is 3.99. The van der Waals surface area contributed by atoms with Crippen LogP contribution in [0.1, 0.15) is 31.1 Å². The predicted molar refractivity (Wildman–Crippen MR) is 76.6 cm³/mol. The monoisotopic (exact) mass is 278 g/mol. The minimum Gasteiger partial charge on any atom is -0.497 e. The Bertz CT molecular complexity index is 415. The van der Waals surface area contributed by atoms with Crippen molar-refractivity contribution in [3.05, 3.63) is 42.5 Å². The lowest BCUT2D eigenvalue weighted by atomic mass is 10.0. The van der Waals surface area contributed by atoms with Crippen molar-refractivity contribution in [3.63, 3.8) is 0 Å². The van der Waals surface area contributed by atoms with Gasteiger partial charge in [-0.05, 0) is 25.0 Å². The molecular weight excluding hydrogens is 256 g/mol. The Morgan fingerprint density at radius 1 is 1.35 bits per heavy atom. The van der Waals surface area contributed by atoms with Gasteiger partial charge in [0.1, 0.15) is 5.75 Å². The molecule has 0 bridgehead atoms. The zero-order chi connectivity index (χ0) is 14.4. The molecule has 0 spiro atoms. The van der Waals surface area contributed by atoms with Gasteiger partial charge in [-0.1, -0.05) is 18.2 Å². The summed E-state index contributed by atoms with van der Waals surface area (Å²) in [5.74, 6) is 0.807. The molecule has 0 radical (unpaired) electrons. The summed E-state index contributed by atoms with van der Waals surface area (Å²) in [7, 11) is 1.64. The van der Waals surface area contributed by atoms with Gasteiger partial charge in [0.2, 0.25) is 0 Å². The molecule has 1 aromatic carbocycles. The fraction of sp³-hybridized carbons (Fsp3) is 0.500. The van der Waals surface area contributed by atoms with Crippen molar-refractivity contribution in [2.75, 3.05) is 13.7 Å². The molecular formula is C16H22O4. The largest absolute Gasteiger partial charge is 0.497 e. The zero-order valence-corrected chi connectivity index (χ0v) is 11.8. The maximum atomic E-state index is 8.94. The van der Waals surface area contributed by atoms with Gasteiger partial charge in [0.25, 0.3) is 0 Å². The summed E-state index contributed by atoms with van der Waals surface area (Å²) >= 11 is 0. The Labute approximate surface area is 120 Å². The first kappa shape index (κ1) is 15.0. The quantitative estimate of drug-likeness (QED) is 0.813. The summed E-state index contributed by atoms with van der Waals surface area (Å²) in [5, 5.41) is 8.94. The summed E-state index contributed by atoms with van der Waals surface area (Å²) in [6, 6.07) is 7.67. The molecule has 1 aliphatic rings. The van der Waals surface area contributed by atoms with Gasteiger partial charge in [-0.2, -0.15) is 0 Å². The molecule has 2 rings (SSSR count). The lowest BCUT2D eigenvalue weighted by Crippen LogP contribution is -2.32. The van der Waals surface area contributed by atoms with E-state index in [2.05, 4.69) is 6.58 Å². The molecule has 0 aliphatic carbocycles. The second-order valence-corrected chi connectivity index (χ2v) is 4.87. The van der Waals surface area contributed by atoms with Crippen molar-refractivity contribution in [3.8, 4) is 5.75 Å². The standard InChI is InChI=1S/C16H22O4/c1-3-13-11-15(5-4-10-17)20-16(19-13)12-6-8-14(18-2)9-7-12/h3,6-9,13,15-17H,1,4-5,10-11H2,2H3/t13-,15?,16?/m0/s1. The van der Waals surface area contributed by atoms with Crippen molar-refractivity contribution in [1.82, 2.24) is 0 Å². The molecule has 0 amide bonds. The Morgan fingerprint density at radius 2 is 2.10 bits per heavy atom. The third-order valence-corrected chi connectivity index (χ3v) is 3.44. The van der Waals surface area contributed by atoms with E-state index in [1.54, 1.807) is 7.11 Å². The van der Waals surface area contributed by atoms with Gasteiger partial charge in [-0.3, -0.25) is 0 Å². The van der Waals surface area contributed by atoms with Gasteiger partial charge in [0.05, 0.1) is 19.3 Å². The van der Waals surface area contributed by atoms with Crippen LogP contribution >= 0.6 is 0 Å². The molecule has 110 valence electrons. The normalized spacial score (nSPS) is 26.2. The SMILES string of the molecule is C=C[C@H]1CC(CCCO)OC(c2ccc(OC)cc2)O1. The van der Waals surface area contributed by atoms with E-state index in [9.17, 15) is 0 Å². The van der Waals surface area contributed by atoms with E-state index in [4.69, 9.17) is 19.3 Å². The van der Waals surface area contributed by atoms with Crippen molar-refractivity contribution in [2.24, 2.45) is 0 Å². The molecule has 3 atom stereocenters. The van der Waals surface area contributed by atoms with Crippen LogP contribution in [-0.4, -0.2) is 31.0 Å². The highest BCUT2D eigenvalue weighted by molar-refractivity contribution is 5.28. The number of hydrogen-bond donors (Lipinski definition) is 1. The van der Waals surface area contributed by atoms with Gasteiger partial charge in [0, 0.05) is 18.6 Å². The second kappa shape index (κ2) is 7.43. The molecule has 0 aromatic heterocycles. The fourth-order valence-electron chi connectivity index (χ4n) is 2.31. The topological polar surface area (TPSA) is 47.9 Å². The third-order valence-electron chi connectivity index (χ3n) is 3.44. The van der Waals surface area contributed by atoms with E-state index in [1.807, 2.05) is 30.3 Å². The van der Waals surface area contributed by atoms with Crippen molar-refractivity contribution in [1.29, 1.82) is 0 Å². The lowest BCUT2D eigenvalue weighted by molar-refractivity contribution is -0.238. The van der Waals surface area contributed by atoms with Crippen LogP contribution in [0.5, 0.6) is 5.75 Å². The Kier molecular flexibility index (Phi) is 5.59. The third kappa shape index (κ3) is 3.82. The van der Waals surface area contributed by atoms with E-state index in [0.29, 0.717) is 0 Å². The number of ether oxygens (including phenoxy) is 3. The van der Waals surface area contributed by atoms with E-state index in [-0.39, 0.29) is 25.1 Å². The number of hydrogen-bond acceptors (Lipinski definition) is 4. The predicted octanol–water partition coefficient (Wildman–Crippen LogP) is 2.83. The van der Waals surface area contributed by atoms with Crippen LogP contribution in [-0.2, 0) is 9.47 Å². The number of aliphatic hydroxyl groups excluding tert-OH is 1. The van der Waals surface area contributed by atoms with Crippen LogP contribution < -0.4 is 4.74 Å². The highest BCUT2D eigenvalue weighted by atomic mass is 16.7. The minimum atomic E-state index is -0.388. The summed E-state index contributed by atoms with van der Waals surface area (Å²) < 4.78 is 17.0. The van der Waals surface area contributed by atoms with Gasteiger partial charge in [-0.15, -0.1) is 6.58 Å². The average Bonchev–Trinajstić information content (AvgIpc) is 2.52. The lowest BCUT2D eigenvalue weighted by Gasteiger charge is -2.34. The van der Waals surface area contributed by atoms with E-state index in [1.165, 1.54) is 0 Å². The van der Waals surface area contributed by atoms with Crippen LogP contribution in [0.25, 0.3) is 0 Å². The molecule has 4 nitrogen and oxygen atoms in total. The average molecular weight is 278 g/mol. The number of methoxy groups -OCH3 is 1. The molecule has 0 saturated carbocycles. The Balaban J connectivity index is 2.05. The fourth-order valence-corrected chi connectivity index (χ4v) is 2.31. The minimum absolute atomic E-state index is 0.0143. The van der Waals surface area contributed by atoms with Crippen molar-refractivity contribution in [2.45, 2.75) is 37.8 Å². The highest BCUT2D eigenvalue weighted by Crippen LogP contribution is 2.32. The van der Waals surface area contributed by atoms with Crippen LogP contribution in [0.2, 0.25) is 0 Å². The number of benzene rings is 1. The van der Waals surface area contributed by atoms with Crippen LogP contribution in [0.15, 0.2) is 36.9 Å². The van der Waals surface area contributed by atoms with Gasteiger partial charge in [0.15, 0.2) is 6.29 Å². The first-order valence-electron chi connectivity index (χ1n) is 6.95. The zero-order valence-electron chi connectivity index (χ0n) is 11.8. The van der Waals surface area contributed by atoms with Crippen LogP contribution in [0, 0.1) is 0 Å². The summed E-state index contributed by atoms with van der Waals surface area (Å²) in [4.78, 5) is 0. The molecule has 1 saturated heterocycles. The van der Waals surface area contributed by atoms with E-state index in [0.717, 1.165) is 30.6 Å². The Hall–Kier alpha value is -1.36. The second-order valence-electron chi connectivity index (χ2n) is 4.87. The van der Waals surface area contributed by atoms with E-state index >= 15 is 0 Å². The van der Waals surface area contributed by atoms with Crippen molar-refractivity contribution >= 4 is 0 Å². The molecule has 1 N–H and O–H groups in total. The first-order valence-corrected chi connectivity index (χ1v) is 6.95. The summed E-state index contributed by atoms with van der Waals surface area (Å²) in [5.41, 5.74) is 0.964. The van der Waals surface area contributed by atoms with Gasteiger partial charge in [-0.25, -0.2) is 0 Å². The van der Waals surface area contributed by atoms with Gasteiger partial charge >= 0.3 is 0 Å².